The number of nitrogens with one attached hydrogen (secondary N) is 2. The minimum Gasteiger partial charge on any atom is -0.495 e. The maximum Gasteiger partial charge on any atom is 0.142 e. The molecule has 1 aliphatic heterocycles. The van der Waals surface area contributed by atoms with Crippen LogP contribution >= 0.6 is 0 Å². The van der Waals surface area contributed by atoms with Gasteiger partial charge in [0.15, 0.2) is 0 Å². The van der Waals surface area contributed by atoms with Gasteiger partial charge in [-0.1, -0.05) is 12.1 Å². The second kappa shape index (κ2) is 5.89. The third kappa shape index (κ3) is 2.90. The second-order valence-electron chi connectivity index (χ2n) is 4.32. The van der Waals surface area contributed by atoms with Gasteiger partial charge in [0.25, 0.3) is 0 Å². The Morgan fingerprint density at radius 1 is 1.41 bits per heavy atom. The lowest BCUT2D eigenvalue weighted by Crippen LogP contribution is -2.35. The van der Waals surface area contributed by atoms with Gasteiger partial charge in [-0.05, 0) is 32.0 Å². The van der Waals surface area contributed by atoms with Crippen LogP contribution in [0.15, 0.2) is 18.2 Å². The van der Waals surface area contributed by atoms with E-state index in [9.17, 15) is 5.11 Å². The molecule has 0 saturated carbocycles. The maximum absolute atomic E-state index is 9.36. The summed E-state index contributed by atoms with van der Waals surface area (Å²) in [5, 5.41) is 16.2. The third-order valence-corrected chi connectivity index (χ3v) is 3.19. The van der Waals surface area contributed by atoms with Crippen molar-refractivity contribution >= 4 is 5.69 Å². The lowest BCUT2D eigenvalue weighted by molar-refractivity contribution is 0.281. The topological polar surface area (TPSA) is 53.5 Å². The minimum absolute atomic E-state index is 0.0322. The Labute approximate surface area is 102 Å². The van der Waals surface area contributed by atoms with Crippen molar-refractivity contribution in [2.45, 2.75) is 25.5 Å². The van der Waals surface area contributed by atoms with E-state index in [0.29, 0.717) is 6.04 Å². The summed E-state index contributed by atoms with van der Waals surface area (Å²) in [6.45, 7) is 2.12. The summed E-state index contributed by atoms with van der Waals surface area (Å²) in [6.07, 6.45) is 2.20. The molecule has 0 aliphatic carbocycles. The Morgan fingerprint density at radius 2 is 2.18 bits per heavy atom. The molecule has 17 heavy (non-hydrogen) atoms. The van der Waals surface area contributed by atoms with Gasteiger partial charge in [-0.25, -0.2) is 0 Å². The Hall–Kier alpha value is -1.26. The molecule has 1 aromatic carbocycles. The van der Waals surface area contributed by atoms with Gasteiger partial charge in [0.05, 0.1) is 19.4 Å². The van der Waals surface area contributed by atoms with E-state index in [0.717, 1.165) is 42.9 Å². The van der Waals surface area contributed by atoms with E-state index in [1.807, 2.05) is 18.2 Å². The van der Waals surface area contributed by atoms with E-state index in [2.05, 4.69) is 10.6 Å². The molecule has 0 radical (unpaired) electrons. The molecule has 1 fully saturated rings. The van der Waals surface area contributed by atoms with Crippen molar-refractivity contribution in [2.24, 2.45) is 0 Å². The predicted molar refractivity (Wildman–Crippen MR) is 68.4 cm³/mol. The lowest BCUT2D eigenvalue weighted by atomic mass is 10.0. The van der Waals surface area contributed by atoms with E-state index in [4.69, 9.17) is 4.74 Å². The van der Waals surface area contributed by atoms with Crippen LogP contribution in [0.2, 0.25) is 0 Å². The Morgan fingerprint density at radius 3 is 2.82 bits per heavy atom. The van der Waals surface area contributed by atoms with Crippen molar-refractivity contribution < 1.29 is 9.84 Å². The zero-order valence-electron chi connectivity index (χ0n) is 10.2. The second-order valence-corrected chi connectivity index (χ2v) is 4.32. The minimum atomic E-state index is 0.0322. The van der Waals surface area contributed by atoms with Crippen LogP contribution in [0.4, 0.5) is 5.69 Å². The average Bonchev–Trinajstić information content (AvgIpc) is 2.40. The number of methoxy groups -OCH3 is 1. The number of hydrogen-bond acceptors (Lipinski definition) is 4. The number of benzene rings is 1. The van der Waals surface area contributed by atoms with Gasteiger partial charge < -0.3 is 20.5 Å². The summed E-state index contributed by atoms with van der Waals surface area (Å²) < 4.78 is 5.34. The van der Waals surface area contributed by atoms with Crippen molar-refractivity contribution in [1.82, 2.24) is 5.32 Å². The zero-order valence-corrected chi connectivity index (χ0v) is 10.2. The summed E-state index contributed by atoms with van der Waals surface area (Å²) in [6, 6.07) is 6.20. The van der Waals surface area contributed by atoms with Crippen LogP contribution in [0.5, 0.6) is 5.75 Å². The molecule has 0 atom stereocenters. The number of aliphatic hydroxyl groups is 1. The van der Waals surface area contributed by atoms with Crippen molar-refractivity contribution in [3.8, 4) is 5.75 Å². The van der Waals surface area contributed by atoms with Gasteiger partial charge in [0.1, 0.15) is 5.75 Å². The van der Waals surface area contributed by atoms with Crippen LogP contribution in [0.25, 0.3) is 0 Å². The van der Waals surface area contributed by atoms with E-state index < -0.39 is 0 Å². The molecule has 94 valence electrons. The third-order valence-electron chi connectivity index (χ3n) is 3.19. The highest BCUT2D eigenvalue weighted by molar-refractivity contribution is 5.62. The van der Waals surface area contributed by atoms with Crippen LogP contribution in [0.3, 0.4) is 0 Å². The zero-order chi connectivity index (χ0) is 12.1. The van der Waals surface area contributed by atoms with Crippen molar-refractivity contribution in [2.75, 3.05) is 25.5 Å². The molecule has 1 saturated heterocycles. The molecule has 0 unspecified atom stereocenters. The van der Waals surface area contributed by atoms with Gasteiger partial charge in [-0.3, -0.25) is 0 Å². The van der Waals surface area contributed by atoms with Gasteiger partial charge in [-0.15, -0.1) is 0 Å². The SMILES string of the molecule is COc1cccc(CO)c1NC1CCNCC1. The molecular formula is C13H20N2O2. The van der Waals surface area contributed by atoms with Gasteiger partial charge in [0, 0.05) is 11.6 Å². The summed E-state index contributed by atoms with van der Waals surface area (Å²) in [5.74, 6) is 0.801. The Bertz CT molecular complexity index is 340. The highest BCUT2D eigenvalue weighted by Crippen LogP contribution is 2.30. The summed E-state index contributed by atoms with van der Waals surface area (Å²) >= 11 is 0. The molecule has 1 heterocycles. The van der Waals surface area contributed by atoms with Crippen LogP contribution < -0.4 is 15.4 Å². The van der Waals surface area contributed by atoms with Crippen LogP contribution in [-0.4, -0.2) is 31.3 Å². The molecule has 3 N–H and O–H groups in total. The summed E-state index contributed by atoms with van der Waals surface area (Å²) in [4.78, 5) is 0. The van der Waals surface area contributed by atoms with Crippen molar-refractivity contribution in [3.63, 3.8) is 0 Å². The number of ether oxygens (including phenoxy) is 1. The molecular weight excluding hydrogens is 216 g/mol. The van der Waals surface area contributed by atoms with Crippen LogP contribution in [0, 0.1) is 0 Å². The maximum atomic E-state index is 9.36. The smallest absolute Gasteiger partial charge is 0.142 e. The van der Waals surface area contributed by atoms with Crippen LogP contribution in [0.1, 0.15) is 18.4 Å². The molecule has 0 amide bonds. The van der Waals surface area contributed by atoms with Crippen molar-refractivity contribution in [3.05, 3.63) is 23.8 Å². The fourth-order valence-electron chi connectivity index (χ4n) is 2.21. The quantitative estimate of drug-likeness (QED) is 0.738. The summed E-state index contributed by atoms with van der Waals surface area (Å²) in [7, 11) is 1.66. The fraction of sp³-hybridized carbons (Fsp3) is 0.538. The predicted octanol–water partition coefficient (Wildman–Crippen LogP) is 1.35. The lowest BCUT2D eigenvalue weighted by Gasteiger charge is -2.26. The molecule has 1 aliphatic rings. The highest BCUT2D eigenvalue weighted by atomic mass is 16.5. The Kier molecular flexibility index (Phi) is 4.23. The fourth-order valence-corrected chi connectivity index (χ4v) is 2.21. The molecule has 0 spiro atoms. The number of hydrogen-bond donors (Lipinski definition) is 3. The number of rotatable bonds is 4. The van der Waals surface area contributed by atoms with Crippen molar-refractivity contribution in [1.29, 1.82) is 0 Å². The van der Waals surface area contributed by atoms with Gasteiger partial charge in [-0.2, -0.15) is 0 Å². The number of aliphatic hydroxyl groups excluding tert-OH is 1. The first-order valence-corrected chi connectivity index (χ1v) is 6.09. The first kappa shape index (κ1) is 12.2. The normalized spacial score (nSPS) is 16.8. The number of anilines is 1. The monoisotopic (exact) mass is 236 g/mol. The highest BCUT2D eigenvalue weighted by Gasteiger charge is 2.16. The average molecular weight is 236 g/mol. The number of para-hydroxylation sites is 1. The van der Waals surface area contributed by atoms with Gasteiger partial charge >= 0.3 is 0 Å². The van der Waals surface area contributed by atoms with Crippen LogP contribution in [-0.2, 0) is 6.61 Å². The largest absolute Gasteiger partial charge is 0.495 e. The molecule has 0 aromatic heterocycles. The Balaban J connectivity index is 2.16. The van der Waals surface area contributed by atoms with E-state index in [1.165, 1.54) is 0 Å². The molecule has 4 heteroatoms. The molecule has 2 rings (SSSR count). The number of piperidine rings is 1. The first-order valence-electron chi connectivity index (χ1n) is 6.09. The van der Waals surface area contributed by atoms with Gasteiger partial charge in [0.2, 0.25) is 0 Å². The molecule has 1 aromatic rings. The summed E-state index contributed by atoms with van der Waals surface area (Å²) in [5.41, 5.74) is 1.83. The molecule has 4 nitrogen and oxygen atoms in total. The standard InChI is InChI=1S/C13H20N2O2/c1-17-12-4-2-3-10(9-16)13(12)15-11-5-7-14-8-6-11/h2-4,11,14-16H,5-9H2,1H3. The van der Waals surface area contributed by atoms with E-state index in [1.54, 1.807) is 7.11 Å². The van der Waals surface area contributed by atoms with E-state index >= 15 is 0 Å². The molecule has 0 bridgehead atoms. The van der Waals surface area contributed by atoms with E-state index in [-0.39, 0.29) is 6.61 Å². The first-order chi connectivity index (χ1) is 8.35.